The Morgan fingerprint density at radius 2 is 2.03 bits per heavy atom. The molecular weight excluding hydrogens is 394 g/mol. The molecular formula is C22H21N7O2. The first-order valence-corrected chi connectivity index (χ1v) is 10.1. The molecule has 5 rings (SSSR count). The van der Waals surface area contributed by atoms with Crippen LogP contribution in [0.5, 0.6) is 5.75 Å². The lowest BCUT2D eigenvalue weighted by molar-refractivity contribution is 0.0676. The maximum Gasteiger partial charge on any atom is 0.253 e. The number of hydrogen-bond acceptors (Lipinski definition) is 5. The number of amides is 1. The lowest BCUT2D eigenvalue weighted by Crippen LogP contribution is -2.51. The van der Waals surface area contributed by atoms with Crippen LogP contribution in [0.25, 0.3) is 16.1 Å². The van der Waals surface area contributed by atoms with Crippen LogP contribution in [0.4, 0.5) is 5.69 Å². The topological polar surface area (TPSA) is 108 Å². The minimum atomic E-state index is -0.269. The number of pyridine rings is 1. The summed E-state index contributed by atoms with van der Waals surface area (Å²) in [5.41, 5.74) is 12.0. The molecule has 0 aliphatic carbocycles. The molecule has 1 N–H and O–H groups in total. The van der Waals surface area contributed by atoms with Crippen LogP contribution in [0, 0.1) is 0 Å². The van der Waals surface area contributed by atoms with Gasteiger partial charge in [-0.1, -0.05) is 5.11 Å². The molecule has 9 nitrogen and oxygen atoms in total. The van der Waals surface area contributed by atoms with Gasteiger partial charge in [0.1, 0.15) is 5.75 Å². The fourth-order valence-corrected chi connectivity index (χ4v) is 4.50. The number of carbonyl (C=O) groups excluding carboxylic acids is 1. The van der Waals surface area contributed by atoms with E-state index in [1.807, 2.05) is 23.1 Å². The van der Waals surface area contributed by atoms with Gasteiger partial charge in [0.25, 0.3) is 5.91 Å². The third-order valence-corrected chi connectivity index (χ3v) is 6.02. The van der Waals surface area contributed by atoms with Crippen molar-refractivity contribution in [3.05, 3.63) is 82.8 Å². The van der Waals surface area contributed by atoms with Gasteiger partial charge >= 0.3 is 0 Å². The zero-order valence-corrected chi connectivity index (χ0v) is 16.8. The largest absolute Gasteiger partial charge is 0.487 e. The van der Waals surface area contributed by atoms with Crippen LogP contribution in [0.15, 0.2) is 66.2 Å². The van der Waals surface area contributed by atoms with Crippen LogP contribution < -0.4 is 10.1 Å². The van der Waals surface area contributed by atoms with Gasteiger partial charge in [0.15, 0.2) is 6.73 Å². The van der Waals surface area contributed by atoms with E-state index in [4.69, 9.17) is 10.3 Å². The van der Waals surface area contributed by atoms with Crippen molar-refractivity contribution in [3.63, 3.8) is 0 Å². The van der Waals surface area contributed by atoms with Crippen molar-refractivity contribution < 1.29 is 9.53 Å². The second kappa shape index (κ2) is 7.70. The summed E-state index contributed by atoms with van der Waals surface area (Å²) in [6, 6.07) is 13.5. The van der Waals surface area contributed by atoms with Crippen LogP contribution in [-0.2, 0) is 5.54 Å². The van der Waals surface area contributed by atoms with Crippen molar-refractivity contribution in [2.75, 3.05) is 25.1 Å². The molecule has 3 aromatic rings. The minimum absolute atomic E-state index is 0.0394. The Morgan fingerprint density at radius 3 is 2.81 bits per heavy atom. The standard InChI is InChI=1S/C22H21N7O2/c23-27-25-15-31-17-3-4-19-18(14-17)26-22(20-2-1-11-29(19)20)7-12-28(13-8-22)21(30)16-5-9-24-10-6-16/h1-6,9-11,14,26H,7-8,12-13,15H2. The second-order valence-electron chi connectivity index (χ2n) is 7.68. The highest BCUT2D eigenvalue weighted by atomic mass is 16.5. The second-order valence-corrected chi connectivity index (χ2v) is 7.68. The van der Waals surface area contributed by atoms with Gasteiger partial charge in [-0.25, -0.2) is 0 Å². The van der Waals surface area contributed by atoms with E-state index in [0.717, 1.165) is 24.2 Å². The summed E-state index contributed by atoms with van der Waals surface area (Å²) < 4.78 is 7.73. The van der Waals surface area contributed by atoms with Crippen LogP contribution >= 0.6 is 0 Å². The fourth-order valence-electron chi connectivity index (χ4n) is 4.50. The zero-order chi connectivity index (χ0) is 21.3. The average Bonchev–Trinajstić information content (AvgIpc) is 3.31. The van der Waals surface area contributed by atoms with Crippen LogP contribution in [0.2, 0.25) is 0 Å². The molecule has 2 aliphatic rings. The molecule has 2 aromatic heterocycles. The van der Waals surface area contributed by atoms with Crippen LogP contribution in [0.1, 0.15) is 28.9 Å². The first-order valence-electron chi connectivity index (χ1n) is 10.1. The highest BCUT2D eigenvalue weighted by Gasteiger charge is 2.42. The molecule has 1 amide bonds. The summed E-state index contributed by atoms with van der Waals surface area (Å²) in [5.74, 6) is 0.673. The number of anilines is 1. The predicted molar refractivity (Wildman–Crippen MR) is 115 cm³/mol. The van der Waals surface area contributed by atoms with Crippen molar-refractivity contribution in [2.45, 2.75) is 18.4 Å². The summed E-state index contributed by atoms with van der Waals surface area (Å²) in [6.07, 6.45) is 6.93. The molecule has 0 saturated carbocycles. The van der Waals surface area contributed by atoms with E-state index >= 15 is 0 Å². The van der Waals surface area contributed by atoms with Crippen molar-refractivity contribution in [1.82, 2.24) is 14.5 Å². The van der Waals surface area contributed by atoms with Gasteiger partial charge in [-0.15, -0.1) is 0 Å². The number of fused-ring (bicyclic) bond motifs is 4. The number of azide groups is 1. The Bertz CT molecular complexity index is 1160. The smallest absolute Gasteiger partial charge is 0.253 e. The molecule has 0 bridgehead atoms. The van der Waals surface area contributed by atoms with Crippen molar-refractivity contribution in [2.24, 2.45) is 5.11 Å². The Balaban J connectivity index is 1.40. The van der Waals surface area contributed by atoms with Gasteiger partial charge < -0.3 is 19.5 Å². The van der Waals surface area contributed by atoms with Crippen molar-refractivity contribution in [1.29, 1.82) is 0 Å². The third kappa shape index (κ3) is 3.35. The molecule has 1 spiro atoms. The first kappa shape index (κ1) is 19.0. The average molecular weight is 415 g/mol. The molecule has 0 unspecified atom stereocenters. The van der Waals surface area contributed by atoms with Crippen molar-refractivity contribution in [3.8, 4) is 11.4 Å². The highest BCUT2D eigenvalue weighted by molar-refractivity contribution is 5.94. The maximum absolute atomic E-state index is 12.9. The number of benzene rings is 1. The number of hydrogen-bond donors (Lipinski definition) is 1. The van der Waals surface area contributed by atoms with E-state index in [1.165, 1.54) is 5.69 Å². The van der Waals surface area contributed by atoms with Gasteiger partial charge in [-0.2, -0.15) is 0 Å². The number of rotatable bonds is 4. The Morgan fingerprint density at radius 1 is 1.23 bits per heavy atom. The number of nitrogens with one attached hydrogen (secondary N) is 1. The number of ether oxygens (including phenoxy) is 1. The number of carbonyl (C=O) groups is 1. The first-order chi connectivity index (χ1) is 15.2. The third-order valence-electron chi connectivity index (χ3n) is 6.02. The summed E-state index contributed by atoms with van der Waals surface area (Å²) in [4.78, 5) is 21.5. The van der Waals surface area contributed by atoms with Gasteiger partial charge in [0, 0.05) is 53.9 Å². The number of likely N-dealkylation sites (tertiary alicyclic amines) is 1. The minimum Gasteiger partial charge on any atom is -0.487 e. The molecule has 9 heteroatoms. The molecule has 31 heavy (non-hydrogen) atoms. The van der Waals surface area contributed by atoms with E-state index in [1.54, 1.807) is 24.5 Å². The molecule has 4 heterocycles. The molecule has 1 fully saturated rings. The van der Waals surface area contributed by atoms with E-state index in [2.05, 4.69) is 43.2 Å². The molecule has 0 radical (unpaired) electrons. The van der Waals surface area contributed by atoms with E-state index in [0.29, 0.717) is 24.4 Å². The Hall–Kier alpha value is -3.97. The van der Waals surface area contributed by atoms with Crippen LogP contribution in [-0.4, -0.2) is 40.2 Å². The SMILES string of the molecule is [N-]=[N+]=NCOc1ccc2c(c1)NC1(CCN(C(=O)c3ccncc3)CC1)c1cccn1-2. The maximum atomic E-state index is 12.9. The summed E-state index contributed by atoms with van der Waals surface area (Å²) >= 11 is 0. The molecule has 1 aromatic carbocycles. The summed E-state index contributed by atoms with van der Waals surface area (Å²) in [7, 11) is 0. The summed E-state index contributed by atoms with van der Waals surface area (Å²) in [5, 5.41) is 7.16. The lowest BCUT2D eigenvalue weighted by Gasteiger charge is -2.46. The molecule has 0 atom stereocenters. The van der Waals surface area contributed by atoms with Gasteiger partial charge in [0.2, 0.25) is 0 Å². The predicted octanol–water partition coefficient (Wildman–Crippen LogP) is 4.08. The Labute approximate surface area is 178 Å². The van der Waals surface area contributed by atoms with Gasteiger partial charge in [-0.3, -0.25) is 9.78 Å². The molecule has 1 saturated heterocycles. The highest BCUT2D eigenvalue weighted by Crippen LogP contribution is 2.44. The number of nitrogens with zero attached hydrogens (tertiary/aromatic N) is 6. The number of aromatic nitrogens is 2. The molecule has 2 aliphatic heterocycles. The number of piperidine rings is 1. The monoisotopic (exact) mass is 415 g/mol. The zero-order valence-electron chi connectivity index (χ0n) is 16.8. The van der Waals surface area contributed by atoms with E-state index in [-0.39, 0.29) is 18.2 Å². The van der Waals surface area contributed by atoms with E-state index < -0.39 is 0 Å². The normalized spacial score (nSPS) is 15.9. The quantitative estimate of drug-likeness (QED) is 0.393. The lowest BCUT2D eigenvalue weighted by atomic mass is 9.82. The van der Waals surface area contributed by atoms with Crippen molar-refractivity contribution >= 4 is 11.6 Å². The van der Waals surface area contributed by atoms with Gasteiger partial charge in [-0.05, 0) is 54.8 Å². The fraction of sp³-hybridized carbons (Fsp3) is 0.273. The Kier molecular flexibility index (Phi) is 4.72. The van der Waals surface area contributed by atoms with Gasteiger partial charge in [0.05, 0.1) is 16.9 Å². The molecule has 156 valence electrons. The summed E-state index contributed by atoms with van der Waals surface area (Å²) in [6.45, 7) is 1.25. The van der Waals surface area contributed by atoms with Crippen LogP contribution in [0.3, 0.4) is 0 Å². The van der Waals surface area contributed by atoms with E-state index in [9.17, 15) is 4.79 Å².